The molecule has 1 unspecified atom stereocenters. The Hall–Kier alpha value is -1.47. The molecule has 0 saturated carbocycles. The molecule has 2 rings (SSSR count). The maximum absolute atomic E-state index is 5.78. The number of aryl methyl sites for hydroxylation is 2. The van der Waals surface area contributed by atoms with E-state index in [-0.39, 0.29) is 6.04 Å². The highest BCUT2D eigenvalue weighted by atomic mass is 32.2. The zero-order valence-corrected chi connectivity index (χ0v) is 11.5. The Labute approximate surface area is 110 Å². The van der Waals surface area contributed by atoms with Crippen molar-refractivity contribution >= 4 is 11.8 Å². The smallest absolute Gasteiger partial charge is 0.215 e. The minimum Gasteiger partial charge on any atom is -0.328 e. The van der Waals surface area contributed by atoms with Gasteiger partial charge >= 0.3 is 0 Å². The lowest BCUT2D eigenvalue weighted by Gasteiger charge is -2.08. The minimum atomic E-state index is 0.146. The molecule has 0 saturated heterocycles. The van der Waals surface area contributed by atoms with Crippen LogP contribution >= 0.6 is 11.8 Å². The first kappa shape index (κ1) is 13.0. The van der Waals surface area contributed by atoms with Gasteiger partial charge in [0.25, 0.3) is 0 Å². The van der Waals surface area contributed by atoms with Crippen LogP contribution in [0.15, 0.2) is 22.4 Å². The Balaban J connectivity index is 2.17. The molecule has 0 aliphatic rings. The van der Waals surface area contributed by atoms with Crippen LogP contribution in [0, 0.1) is 6.92 Å². The topological polar surface area (TPSA) is 82.5 Å². The number of nitrogens with two attached hydrogens (primary N) is 1. The summed E-state index contributed by atoms with van der Waals surface area (Å²) in [5.41, 5.74) is 8.05. The summed E-state index contributed by atoms with van der Waals surface area (Å²) in [6.45, 7) is 4.02. The van der Waals surface area contributed by atoms with Gasteiger partial charge in [-0.3, -0.25) is 0 Å². The molecule has 0 fully saturated rings. The third-order valence-corrected chi connectivity index (χ3v) is 3.56. The fourth-order valence-corrected chi connectivity index (χ4v) is 2.35. The highest BCUT2D eigenvalue weighted by molar-refractivity contribution is 7.99. The van der Waals surface area contributed by atoms with Gasteiger partial charge in [-0.1, -0.05) is 6.07 Å². The molecule has 0 spiro atoms. The van der Waals surface area contributed by atoms with E-state index in [0.717, 1.165) is 27.7 Å². The van der Waals surface area contributed by atoms with E-state index in [9.17, 15) is 0 Å². The van der Waals surface area contributed by atoms with Crippen LogP contribution in [0.3, 0.4) is 0 Å². The summed E-state index contributed by atoms with van der Waals surface area (Å²) < 4.78 is 1.63. The first-order valence-corrected chi connectivity index (χ1v) is 6.49. The lowest BCUT2D eigenvalue weighted by atomic mass is 10.1. The molecule has 0 aliphatic heterocycles. The fraction of sp³-hybridized carbons (Fsp3) is 0.455. The van der Waals surface area contributed by atoms with Crippen LogP contribution in [0.2, 0.25) is 0 Å². The van der Waals surface area contributed by atoms with Gasteiger partial charge in [0, 0.05) is 19.3 Å². The molecule has 1 atom stereocenters. The molecule has 96 valence electrons. The summed E-state index contributed by atoms with van der Waals surface area (Å²) >= 11 is 1.46. The van der Waals surface area contributed by atoms with Gasteiger partial charge in [-0.2, -0.15) is 0 Å². The quantitative estimate of drug-likeness (QED) is 0.885. The highest BCUT2D eigenvalue weighted by Crippen LogP contribution is 2.26. The van der Waals surface area contributed by atoms with Gasteiger partial charge in [-0.05, 0) is 53.6 Å². The van der Waals surface area contributed by atoms with Crippen molar-refractivity contribution in [2.24, 2.45) is 12.8 Å². The number of pyridine rings is 1. The Bertz CT molecular complexity index is 536. The van der Waals surface area contributed by atoms with E-state index >= 15 is 0 Å². The Morgan fingerprint density at radius 1 is 1.50 bits per heavy atom. The van der Waals surface area contributed by atoms with Crippen molar-refractivity contribution in [3.8, 4) is 0 Å². The summed E-state index contributed by atoms with van der Waals surface area (Å²) in [5, 5.41) is 13.0. The lowest BCUT2D eigenvalue weighted by Crippen LogP contribution is -2.17. The van der Waals surface area contributed by atoms with Crippen molar-refractivity contribution in [1.82, 2.24) is 25.2 Å². The maximum Gasteiger partial charge on any atom is 0.215 e. The molecule has 0 bridgehead atoms. The Kier molecular flexibility index (Phi) is 3.93. The fourth-order valence-electron chi connectivity index (χ4n) is 1.60. The van der Waals surface area contributed by atoms with Gasteiger partial charge < -0.3 is 5.73 Å². The molecule has 0 aliphatic carbocycles. The second kappa shape index (κ2) is 5.45. The molecule has 0 amide bonds. The van der Waals surface area contributed by atoms with Crippen molar-refractivity contribution in [2.75, 3.05) is 0 Å². The third-order valence-electron chi connectivity index (χ3n) is 2.41. The molecule has 7 heteroatoms. The predicted molar refractivity (Wildman–Crippen MR) is 69.2 cm³/mol. The van der Waals surface area contributed by atoms with Crippen molar-refractivity contribution in [3.05, 3.63) is 23.4 Å². The monoisotopic (exact) mass is 264 g/mol. The molecular weight excluding hydrogens is 248 g/mol. The van der Waals surface area contributed by atoms with Crippen LogP contribution in [0.25, 0.3) is 0 Å². The van der Waals surface area contributed by atoms with Gasteiger partial charge in [-0.15, -0.1) is 5.10 Å². The summed E-state index contributed by atoms with van der Waals surface area (Å²) in [6.07, 6.45) is 2.70. The van der Waals surface area contributed by atoms with Gasteiger partial charge in [0.05, 0.1) is 0 Å². The molecule has 2 aromatic rings. The van der Waals surface area contributed by atoms with Crippen LogP contribution < -0.4 is 5.73 Å². The summed E-state index contributed by atoms with van der Waals surface area (Å²) in [4.78, 5) is 4.45. The first-order chi connectivity index (χ1) is 8.56. The number of hydrogen-bond acceptors (Lipinski definition) is 6. The lowest BCUT2D eigenvalue weighted by molar-refractivity contribution is 0.664. The number of tetrazole rings is 1. The average Bonchev–Trinajstić information content (AvgIpc) is 2.67. The van der Waals surface area contributed by atoms with Crippen LogP contribution in [-0.4, -0.2) is 31.2 Å². The summed E-state index contributed by atoms with van der Waals surface area (Å²) in [5.74, 6) is 0. The van der Waals surface area contributed by atoms with E-state index in [0.29, 0.717) is 0 Å². The molecule has 0 radical (unpaired) electrons. The van der Waals surface area contributed by atoms with Crippen LogP contribution in [0.4, 0.5) is 0 Å². The predicted octanol–water partition coefficient (Wildman–Crippen LogP) is 0.954. The van der Waals surface area contributed by atoms with Crippen molar-refractivity contribution in [3.63, 3.8) is 0 Å². The second-order valence-corrected chi connectivity index (χ2v) is 5.29. The largest absolute Gasteiger partial charge is 0.328 e. The molecule has 0 aromatic carbocycles. The number of nitrogens with zero attached hydrogens (tertiary/aromatic N) is 5. The molecule has 2 heterocycles. The molecule has 2 N–H and O–H groups in total. The first-order valence-electron chi connectivity index (χ1n) is 5.67. The number of hydrogen-bond donors (Lipinski definition) is 1. The highest BCUT2D eigenvalue weighted by Gasteiger charge is 2.09. The second-order valence-electron chi connectivity index (χ2n) is 4.33. The van der Waals surface area contributed by atoms with E-state index < -0.39 is 0 Å². The maximum atomic E-state index is 5.78. The van der Waals surface area contributed by atoms with Crippen LogP contribution in [0.5, 0.6) is 0 Å². The van der Waals surface area contributed by atoms with Gasteiger partial charge in [-0.25, -0.2) is 9.67 Å². The van der Waals surface area contributed by atoms with E-state index in [1.54, 1.807) is 4.68 Å². The van der Waals surface area contributed by atoms with E-state index in [4.69, 9.17) is 5.73 Å². The van der Waals surface area contributed by atoms with Crippen LogP contribution in [-0.2, 0) is 13.5 Å². The van der Waals surface area contributed by atoms with Gasteiger partial charge in [0.15, 0.2) is 0 Å². The summed E-state index contributed by atoms with van der Waals surface area (Å²) in [7, 11) is 1.81. The Morgan fingerprint density at radius 2 is 2.28 bits per heavy atom. The minimum absolute atomic E-state index is 0.146. The van der Waals surface area contributed by atoms with Gasteiger partial charge in [0.1, 0.15) is 5.03 Å². The van der Waals surface area contributed by atoms with E-state index in [2.05, 4.69) is 26.6 Å². The van der Waals surface area contributed by atoms with Crippen molar-refractivity contribution in [1.29, 1.82) is 0 Å². The number of rotatable bonds is 4. The standard InChI is InChI=1S/C11H16N6S/c1-7-4-9(5-8(2)12)6-13-10(7)18-11-14-15-16-17(11)3/h4,6,8H,5,12H2,1-3H3. The summed E-state index contributed by atoms with van der Waals surface area (Å²) in [6, 6.07) is 2.26. The zero-order chi connectivity index (χ0) is 13.1. The molecule has 6 nitrogen and oxygen atoms in total. The zero-order valence-electron chi connectivity index (χ0n) is 10.7. The molecule has 2 aromatic heterocycles. The van der Waals surface area contributed by atoms with E-state index in [1.807, 2.05) is 27.1 Å². The van der Waals surface area contributed by atoms with Crippen molar-refractivity contribution in [2.45, 2.75) is 36.5 Å². The van der Waals surface area contributed by atoms with Crippen molar-refractivity contribution < 1.29 is 0 Å². The molecular formula is C11H16N6S. The average molecular weight is 264 g/mol. The van der Waals surface area contributed by atoms with E-state index in [1.165, 1.54) is 11.8 Å². The third kappa shape index (κ3) is 3.05. The Morgan fingerprint density at radius 3 is 2.83 bits per heavy atom. The molecule has 18 heavy (non-hydrogen) atoms. The SMILES string of the molecule is Cc1cc(CC(C)N)cnc1Sc1nnnn1C. The number of aromatic nitrogens is 5. The normalized spacial score (nSPS) is 12.7. The van der Waals surface area contributed by atoms with Gasteiger partial charge in [0.2, 0.25) is 5.16 Å². The van der Waals surface area contributed by atoms with Crippen LogP contribution in [0.1, 0.15) is 18.1 Å².